The van der Waals surface area contributed by atoms with Gasteiger partial charge < -0.3 is 14.7 Å². The van der Waals surface area contributed by atoms with Gasteiger partial charge in [0, 0.05) is 11.6 Å². The van der Waals surface area contributed by atoms with Crippen LogP contribution in [0, 0.1) is 10.1 Å². The summed E-state index contributed by atoms with van der Waals surface area (Å²) in [5.74, 6) is -0.162. The van der Waals surface area contributed by atoms with E-state index in [9.17, 15) is 10.1 Å². The molecule has 0 fully saturated rings. The summed E-state index contributed by atoms with van der Waals surface area (Å²) in [4.78, 5) is 22.5. The second-order valence-electron chi connectivity index (χ2n) is 4.02. The van der Waals surface area contributed by atoms with Gasteiger partial charge in [0.25, 0.3) is 0 Å². The molecule has 3 rings (SSSR count). The van der Waals surface area contributed by atoms with Crippen LogP contribution in [0.25, 0.3) is 10.7 Å². The Labute approximate surface area is 117 Å². The molecule has 0 aliphatic carbocycles. The van der Waals surface area contributed by atoms with E-state index in [1.54, 1.807) is 10.8 Å². The van der Waals surface area contributed by atoms with Crippen LogP contribution >= 0.6 is 11.3 Å². The minimum absolute atomic E-state index is 0.162. The highest BCUT2D eigenvalue weighted by atomic mass is 32.1. The van der Waals surface area contributed by atoms with Crippen molar-refractivity contribution in [2.24, 2.45) is 0 Å². The molecular formula is C12H9N5O2S. The van der Waals surface area contributed by atoms with E-state index in [0.29, 0.717) is 6.54 Å². The molecule has 3 aromatic heterocycles. The van der Waals surface area contributed by atoms with Gasteiger partial charge in [0.15, 0.2) is 0 Å². The Balaban J connectivity index is 1.78. The third kappa shape index (κ3) is 2.54. The largest absolute Gasteiger partial charge is 0.381 e. The second-order valence-corrected chi connectivity index (χ2v) is 4.88. The van der Waals surface area contributed by atoms with Crippen LogP contribution in [-0.4, -0.2) is 24.4 Å². The van der Waals surface area contributed by atoms with Crippen LogP contribution in [0.4, 0.5) is 5.82 Å². The summed E-state index contributed by atoms with van der Waals surface area (Å²) in [6.45, 7) is 0.449. The molecule has 8 heteroatoms. The number of aromatic nitrogens is 4. The first kappa shape index (κ1) is 12.4. The maximum absolute atomic E-state index is 10.6. The molecule has 3 aromatic rings. The maximum atomic E-state index is 10.6. The lowest BCUT2D eigenvalue weighted by molar-refractivity contribution is -0.389. The molecule has 0 radical (unpaired) electrons. The molecule has 3 heterocycles. The summed E-state index contributed by atoms with van der Waals surface area (Å²) >= 11 is 1.49. The van der Waals surface area contributed by atoms with Gasteiger partial charge in [0.05, 0.1) is 17.9 Å². The molecule has 0 saturated heterocycles. The van der Waals surface area contributed by atoms with Crippen LogP contribution in [0.2, 0.25) is 0 Å². The summed E-state index contributed by atoms with van der Waals surface area (Å²) in [6, 6.07) is 5.65. The minimum atomic E-state index is -0.517. The minimum Gasteiger partial charge on any atom is -0.358 e. The normalized spacial score (nSPS) is 10.6. The average molecular weight is 287 g/mol. The zero-order valence-electron chi connectivity index (χ0n) is 10.2. The molecule has 0 aliphatic rings. The Hall–Kier alpha value is -2.61. The van der Waals surface area contributed by atoms with Crippen molar-refractivity contribution < 1.29 is 4.92 Å². The molecule has 0 aromatic carbocycles. The molecule has 0 saturated carbocycles. The molecule has 0 atom stereocenters. The first-order valence-electron chi connectivity index (χ1n) is 5.74. The van der Waals surface area contributed by atoms with Crippen LogP contribution in [0.3, 0.4) is 0 Å². The SMILES string of the molecule is O=[N+]([O-])c1cn(Cc2csc(-c3ccccn3)n2)cn1. The van der Waals surface area contributed by atoms with E-state index in [2.05, 4.69) is 15.0 Å². The average Bonchev–Trinajstić information content (AvgIpc) is 3.10. The van der Waals surface area contributed by atoms with Crippen molar-refractivity contribution in [3.8, 4) is 10.7 Å². The van der Waals surface area contributed by atoms with Crippen molar-refractivity contribution >= 4 is 17.2 Å². The third-order valence-corrected chi connectivity index (χ3v) is 3.50. The molecule has 100 valence electrons. The van der Waals surface area contributed by atoms with E-state index in [1.807, 2.05) is 23.6 Å². The van der Waals surface area contributed by atoms with Gasteiger partial charge in [-0.15, -0.1) is 11.3 Å². The smallest absolute Gasteiger partial charge is 0.358 e. The number of nitro groups is 1. The van der Waals surface area contributed by atoms with Crippen LogP contribution in [0.5, 0.6) is 0 Å². The standard InChI is InChI=1S/C12H9N5O2S/c18-17(19)11-6-16(8-14-11)5-9-7-20-12(15-9)10-3-1-2-4-13-10/h1-4,6-8H,5H2. The van der Waals surface area contributed by atoms with Gasteiger partial charge in [-0.25, -0.2) is 4.98 Å². The van der Waals surface area contributed by atoms with Crippen molar-refractivity contribution in [3.63, 3.8) is 0 Å². The molecule has 7 nitrogen and oxygen atoms in total. The van der Waals surface area contributed by atoms with Gasteiger partial charge in [0.2, 0.25) is 6.33 Å². The van der Waals surface area contributed by atoms with Gasteiger partial charge in [-0.2, -0.15) is 0 Å². The van der Waals surface area contributed by atoms with E-state index in [4.69, 9.17) is 0 Å². The Morgan fingerprint density at radius 2 is 2.25 bits per heavy atom. The number of nitrogens with zero attached hydrogens (tertiary/aromatic N) is 5. The third-order valence-electron chi connectivity index (χ3n) is 2.59. The zero-order chi connectivity index (χ0) is 13.9. The second kappa shape index (κ2) is 5.17. The van der Waals surface area contributed by atoms with E-state index in [-0.39, 0.29) is 5.82 Å². The van der Waals surface area contributed by atoms with Crippen LogP contribution in [-0.2, 0) is 6.54 Å². The highest BCUT2D eigenvalue weighted by molar-refractivity contribution is 7.13. The van der Waals surface area contributed by atoms with E-state index in [1.165, 1.54) is 23.9 Å². The number of rotatable bonds is 4. The molecule has 0 bridgehead atoms. The molecule has 20 heavy (non-hydrogen) atoms. The van der Waals surface area contributed by atoms with Crippen molar-refractivity contribution in [2.75, 3.05) is 0 Å². The monoisotopic (exact) mass is 287 g/mol. The van der Waals surface area contributed by atoms with Crippen molar-refractivity contribution in [1.29, 1.82) is 0 Å². The molecule has 0 unspecified atom stereocenters. The lowest BCUT2D eigenvalue weighted by Gasteiger charge is -1.96. The fourth-order valence-corrected chi connectivity index (χ4v) is 2.49. The Morgan fingerprint density at radius 3 is 2.95 bits per heavy atom. The highest BCUT2D eigenvalue weighted by Crippen LogP contribution is 2.22. The summed E-state index contributed by atoms with van der Waals surface area (Å²) in [5.41, 5.74) is 1.64. The van der Waals surface area contributed by atoms with Crippen molar-refractivity contribution in [3.05, 3.63) is 58.1 Å². The first-order valence-corrected chi connectivity index (χ1v) is 6.62. The van der Waals surface area contributed by atoms with Gasteiger partial charge >= 0.3 is 5.82 Å². The van der Waals surface area contributed by atoms with Crippen molar-refractivity contribution in [2.45, 2.75) is 6.54 Å². The molecule has 0 amide bonds. The highest BCUT2D eigenvalue weighted by Gasteiger charge is 2.11. The Bertz CT molecular complexity index is 737. The van der Waals surface area contributed by atoms with Crippen LogP contribution < -0.4 is 0 Å². The lowest BCUT2D eigenvalue weighted by Crippen LogP contribution is -1.97. The summed E-state index contributed by atoms with van der Waals surface area (Å²) in [5, 5.41) is 13.3. The molecule has 0 N–H and O–H groups in total. The van der Waals surface area contributed by atoms with Gasteiger partial charge in [-0.3, -0.25) is 4.98 Å². The number of thiazole rings is 1. The quantitative estimate of drug-likeness (QED) is 0.543. The van der Waals surface area contributed by atoms with Gasteiger partial charge in [-0.05, 0) is 22.0 Å². The fraction of sp³-hybridized carbons (Fsp3) is 0.0833. The maximum Gasteiger partial charge on any atom is 0.381 e. The topological polar surface area (TPSA) is 86.7 Å². The molecule has 0 spiro atoms. The van der Waals surface area contributed by atoms with E-state index >= 15 is 0 Å². The number of pyridine rings is 1. The van der Waals surface area contributed by atoms with Gasteiger partial charge in [-0.1, -0.05) is 6.07 Å². The van der Waals surface area contributed by atoms with Crippen LogP contribution in [0.15, 0.2) is 42.3 Å². The Kier molecular flexibility index (Phi) is 3.21. The summed E-state index contributed by atoms with van der Waals surface area (Å²) < 4.78 is 1.63. The van der Waals surface area contributed by atoms with E-state index in [0.717, 1.165) is 16.4 Å². The Morgan fingerprint density at radius 1 is 1.35 bits per heavy atom. The number of hydrogen-bond acceptors (Lipinski definition) is 6. The predicted molar refractivity (Wildman–Crippen MR) is 73.3 cm³/mol. The zero-order valence-corrected chi connectivity index (χ0v) is 11.0. The lowest BCUT2D eigenvalue weighted by atomic mass is 10.4. The van der Waals surface area contributed by atoms with E-state index < -0.39 is 4.92 Å². The summed E-state index contributed by atoms with van der Waals surface area (Å²) in [6.07, 6.45) is 4.54. The molecule has 0 aliphatic heterocycles. The summed E-state index contributed by atoms with van der Waals surface area (Å²) in [7, 11) is 0. The number of hydrogen-bond donors (Lipinski definition) is 0. The predicted octanol–water partition coefficient (Wildman–Crippen LogP) is 2.36. The fourth-order valence-electron chi connectivity index (χ4n) is 1.70. The van der Waals surface area contributed by atoms with Gasteiger partial charge in [0.1, 0.15) is 11.2 Å². The van der Waals surface area contributed by atoms with Crippen molar-refractivity contribution in [1.82, 2.24) is 19.5 Å². The first-order chi connectivity index (χ1) is 9.72. The number of imidazole rings is 1. The molecular weight excluding hydrogens is 278 g/mol. The van der Waals surface area contributed by atoms with Crippen LogP contribution in [0.1, 0.15) is 5.69 Å².